The van der Waals surface area contributed by atoms with Gasteiger partial charge in [0.15, 0.2) is 5.54 Å². The number of carboxylic acids is 1. The topological polar surface area (TPSA) is 92.0 Å². The van der Waals surface area contributed by atoms with Crippen LogP contribution in [0, 0.1) is 0 Å². The number of aromatic amines is 1. The number of benzene rings is 1. The summed E-state index contributed by atoms with van der Waals surface area (Å²) in [4.78, 5) is 18.0. The molecule has 5 heteroatoms. The summed E-state index contributed by atoms with van der Waals surface area (Å²) in [6, 6.07) is 7.30. The van der Waals surface area contributed by atoms with Crippen LogP contribution in [0.3, 0.4) is 0 Å². The number of rotatable bonds is 2. The van der Waals surface area contributed by atoms with Gasteiger partial charge in [0.2, 0.25) is 0 Å². The second kappa shape index (κ2) is 3.06. The number of carboxylic acid groups (broad SMARTS) is 1. The molecule has 0 saturated heterocycles. The quantitative estimate of drug-likeness (QED) is 0.676. The lowest BCUT2D eigenvalue weighted by Crippen LogP contribution is -2.42. The number of nitrogens with zero attached hydrogens (tertiary/aromatic N) is 1. The summed E-state index contributed by atoms with van der Waals surface area (Å²) in [5.74, 6) is -0.849. The Morgan fingerprint density at radius 3 is 2.80 bits per heavy atom. The van der Waals surface area contributed by atoms with Gasteiger partial charge in [-0.3, -0.25) is 0 Å². The summed E-state index contributed by atoms with van der Waals surface area (Å²) >= 11 is 0. The average molecular weight is 205 g/mol. The Kier molecular flexibility index (Phi) is 1.97. The first kappa shape index (κ1) is 9.67. The van der Waals surface area contributed by atoms with Gasteiger partial charge >= 0.3 is 5.97 Å². The molecule has 1 atom stereocenters. The number of aliphatic carboxylic acids is 1. The van der Waals surface area contributed by atoms with Crippen molar-refractivity contribution in [1.29, 1.82) is 0 Å². The molecule has 0 aliphatic rings. The summed E-state index contributed by atoms with van der Waals surface area (Å²) < 4.78 is 0. The highest BCUT2D eigenvalue weighted by Gasteiger charge is 2.33. The van der Waals surface area contributed by atoms with Crippen LogP contribution in [-0.4, -0.2) is 21.0 Å². The number of hydrogen-bond donors (Lipinski definition) is 3. The van der Waals surface area contributed by atoms with E-state index in [9.17, 15) is 4.79 Å². The van der Waals surface area contributed by atoms with Crippen LogP contribution >= 0.6 is 0 Å². The molecule has 0 amide bonds. The molecule has 2 rings (SSSR count). The molecule has 0 bridgehead atoms. The maximum Gasteiger partial charge on any atom is 0.331 e. The lowest BCUT2D eigenvalue weighted by molar-refractivity contribution is -0.143. The van der Waals surface area contributed by atoms with Gasteiger partial charge < -0.3 is 15.8 Å². The number of imidazole rings is 1. The van der Waals surface area contributed by atoms with E-state index in [1.165, 1.54) is 6.92 Å². The highest BCUT2D eigenvalue weighted by molar-refractivity contribution is 5.81. The summed E-state index contributed by atoms with van der Waals surface area (Å²) in [5, 5.41) is 8.93. The smallest absolute Gasteiger partial charge is 0.331 e. The predicted molar refractivity (Wildman–Crippen MR) is 55.3 cm³/mol. The highest BCUT2D eigenvalue weighted by atomic mass is 16.4. The monoisotopic (exact) mass is 205 g/mol. The molecular weight excluding hydrogens is 194 g/mol. The van der Waals surface area contributed by atoms with Crippen molar-refractivity contribution in [2.45, 2.75) is 12.5 Å². The van der Waals surface area contributed by atoms with Gasteiger partial charge in [0.1, 0.15) is 5.82 Å². The Labute approximate surface area is 85.9 Å². The summed E-state index contributed by atoms with van der Waals surface area (Å²) in [6.45, 7) is 1.41. The maximum absolute atomic E-state index is 10.9. The molecule has 2 aromatic rings. The normalized spacial score (nSPS) is 15.1. The van der Waals surface area contributed by atoms with Crippen molar-refractivity contribution in [3.8, 4) is 0 Å². The number of aromatic nitrogens is 2. The molecule has 0 aliphatic carbocycles. The van der Waals surface area contributed by atoms with Crippen molar-refractivity contribution in [3.05, 3.63) is 30.1 Å². The molecule has 0 fully saturated rings. The molecule has 0 aliphatic heterocycles. The van der Waals surface area contributed by atoms with E-state index in [0.717, 1.165) is 5.52 Å². The van der Waals surface area contributed by atoms with E-state index in [1.54, 1.807) is 6.07 Å². The van der Waals surface area contributed by atoms with Crippen molar-refractivity contribution in [1.82, 2.24) is 9.97 Å². The Morgan fingerprint density at radius 1 is 1.53 bits per heavy atom. The van der Waals surface area contributed by atoms with Crippen LogP contribution in [0.1, 0.15) is 12.7 Å². The molecule has 5 nitrogen and oxygen atoms in total. The largest absolute Gasteiger partial charge is 0.480 e. The second-order valence-electron chi connectivity index (χ2n) is 3.61. The fourth-order valence-corrected chi connectivity index (χ4v) is 1.30. The molecule has 0 unspecified atom stereocenters. The molecule has 1 aromatic heterocycles. The fourth-order valence-electron chi connectivity index (χ4n) is 1.30. The van der Waals surface area contributed by atoms with Gasteiger partial charge in [-0.1, -0.05) is 12.1 Å². The summed E-state index contributed by atoms with van der Waals surface area (Å²) in [5.41, 5.74) is 5.66. The van der Waals surface area contributed by atoms with Gasteiger partial charge in [-0.25, -0.2) is 9.78 Å². The first-order chi connectivity index (χ1) is 7.01. The zero-order chi connectivity index (χ0) is 11.1. The lowest BCUT2D eigenvalue weighted by atomic mass is 10.0. The van der Waals surface area contributed by atoms with E-state index in [1.807, 2.05) is 18.2 Å². The molecule has 0 spiro atoms. The van der Waals surface area contributed by atoms with Gasteiger partial charge in [0.25, 0.3) is 0 Å². The molecule has 0 radical (unpaired) electrons. The zero-order valence-corrected chi connectivity index (χ0v) is 8.19. The Balaban J connectivity index is 2.58. The zero-order valence-electron chi connectivity index (χ0n) is 8.19. The Bertz CT molecular complexity index is 483. The number of carbonyl (C=O) groups is 1. The summed E-state index contributed by atoms with van der Waals surface area (Å²) in [6.07, 6.45) is 0. The molecule has 0 saturated carbocycles. The molecule has 1 aromatic carbocycles. The number of H-pyrrole nitrogens is 1. The van der Waals surface area contributed by atoms with Gasteiger partial charge in [-0.15, -0.1) is 0 Å². The third kappa shape index (κ3) is 1.46. The standard InChI is InChI=1S/C10H11N3O2/c1-10(11,9(14)15)8-12-6-4-2-3-5-7(6)13-8/h2-5H,11H2,1H3,(H,12,13)(H,14,15)/t10-/m1/s1. The van der Waals surface area contributed by atoms with Crippen LogP contribution < -0.4 is 5.73 Å². The van der Waals surface area contributed by atoms with E-state index in [2.05, 4.69) is 9.97 Å². The van der Waals surface area contributed by atoms with Crippen LogP contribution in [0.5, 0.6) is 0 Å². The molecule has 1 heterocycles. The first-order valence-corrected chi connectivity index (χ1v) is 4.49. The molecule has 4 N–H and O–H groups in total. The van der Waals surface area contributed by atoms with Crippen molar-refractivity contribution < 1.29 is 9.90 Å². The molecule has 15 heavy (non-hydrogen) atoms. The number of nitrogens with one attached hydrogen (secondary N) is 1. The van der Waals surface area contributed by atoms with Crippen LogP contribution in [-0.2, 0) is 10.3 Å². The molecule has 78 valence electrons. The third-order valence-electron chi connectivity index (χ3n) is 2.33. The summed E-state index contributed by atoms with van der Waals surface area (Å²) in [7, 11) is 0. The lowest BCUT2D eigenvalue weighted by Gasteiger charge is -2.15. The number of fused-ring (bicyclic) bond motifs is 1. The third-order valence-corrected chi connectivity index (χ3v) is 2.33. The van der Waals surface area contributed by atoms with Gasteiger partial charge in [0, 0.05) is 0 Å². The van der Waals surface area contributed by atoms with Crippen LogP contribution in [0.15, 0.2) is 24.3 Å². The van der Waals surface area contributed by atoms with Crippen molar-refractivity contribution in [3.63, 3.8) is 0 Å². The Hall–Kier alpha value is -1.88. The number of nitrogens with two attached hydrogens (primary N) is 1. The van der Waals surface area contributed by atoms with Crippen molar-refractivity contribution >= 4 is 17.0 Å². The van der Waals surface area contributed by atoms with Crippen molar-refractivity contribution in [2.75, 3.05) is 0 Å². The van der Waals surface area contributed by atoms with Crippen LogP contribution in [0.25, 0.3) is 11.0 Å². The number of hydrogen-bond acceptors (Lipinski definition) is 3. The minimum atomic E-state index is -1.49. The van der Waals surface area contributed by atoms with E-state index in [0.29, 0.717) is 5.52 Å². The van der Waals surface area contributed by atoms with Gasteiger partial charge in [-0.05, 0) is 19.1 Å². The van der Waals surface area contributed by atoms with Gasteiger partial charge in [-0.2, -0.15) is 0 Å². The SMILES string of the molecule is C[C@](N)(C(=O)O)c1nc2ccccc2[nH]1. The van der Waals surface area contributed by atoms with Crippen LogP contribution in [0.2, 0.25) is 0 Å². The second-order valence-corrected chi connectivity index (χ2v) is 3.61. The maximum atomic E-state index is 10.9. The van der Waals surface area contributed by atoms with E-state index in [-0.39, 0.29) is 5.82 Å². The van der Waals surface area contributed by atoms with Crippen molar-refractivity contribution in [2.24, 2.45) is 5.73 Å². The highest BCUT2D eigenvalue weighted by Crippen LogP contribution is 2.18. The predicted octanol–water partition coefficient (Wildman–Crippen LogP) is 0.821. The van der Waals surface area contributed by atoms with Crippen LogP contribution in [0.4, 0.5) is 0 Å². The van der Waals surface area contributed by atoms with E-state index < -0.39 is 11.5 Å². The first-order valence-electron chi connectivity index (χ1n) is 4.49. The van der Waals surface area contributed by atoms with E-state index in [4.69, 9.17) is 10.8 Å². The van der Waals surface area contributed by atoms with Gasteiger partial charge in [0.05, 0.1) is 11.0 Å². The Morgan fingerprint density at radius 2 is 2.20 bits per heavy atom. The number of para-hydroxylation sites is 2. The fraction of sp³-hybridized carbons (Fsp3) is 0.200. The average Bonchev–Trinajstić information content (AvgIpc) is 2.61. The minimum absolute atomic E-state index is 0.260. The molecular formula is C10H11N3O2. The van der Waals surface area contributed by atoms with E-state index >= 15 is 0 Å². The minimum Gasteiger partial charge on any atom is -0.480 e.